The van der Waals surface area contributed by atoms with E-state index in [1.54, 1.807) is 73.1 Å². The van der Waals surface area contributed by atoms with E-state index in [2.05, 4.69) is 9.82 Å². The van der Waals surface area contributed by atoms with Crippen LogP contribution in [0.5, 0.6) is 11.6 Å². The Kier molecular flexibility index (Phi) is 7.54. The Labute approximate surface area is 201 Å². The van der Waals surface area contributed by atoms with Crippen LogP contribution in [0.4, 0.5) is 13.2 Å². The highest BCUT2D eigenvalue weighted by atomic mass is 32.2. The van der Waals surface area contributed by atoms with Gasteiger partial charge in [-0.3, -0.25) is 4.68 Å². The maximum Gasteiger partial charge on any atom is 0.402 e. The zero-order valence-corrected chi connectivity index (χ0v) is 20.0. The second-order valence-corrected chi connectivity index (χ2v) is 9.67. The second-order valence-electron chi connectivity index (χ2n) is 8.17. The molecule has 2 N–H and O–H groups in total. The minimum Gasteiger partial charge on any atom is -0.437 e. The van der Waals surface area contributed by atoms with E-state index in [0.29, 0.717) is 40.6 Å². The standard InChI is InChI=1S/C23H24F3N5O3S/c1-4-31-20(13-21(29-31)34-19-10-5-7-16(11-19)14-27)17-8-6-9-18(12-17)22(2,3)30-35(32,33)28-15-23(24,25)26/h5-13,28,30H,4,15H2,1-3H3. The number of alkyl halides is 3. The van der Waals surface area contributed by atoms with E-state index in [0.717, 1.165) is 0 Å². The van der Waals surface area contributed by atoms with Crippen LogP contribution >= 0.6 is 0 Å². The molecule has 0 unspecified atom stereocenters. The van der Waals surface area contributed by atoms with Gasteiger partial charge in [0.15, 0.2) is 0 Å². The van der Waals surface area contributed by atoms with Crippen LogP contribution in [0.25, 0.3) is 11.3 Å². The monoisotopic (exact) mass is 507 g/mol. The summed E-state index contributed by atoms with van der Waals surface area (Å²) in [5.74, 6) is 0.755. The molecule has 0 aliphatic carbocycles. The molecule has 0 spiro atoms. The van der Waals surface area contributed by atoms with Gasteiger partial charge in [0.2, 0.25) is 5.88 Å². The molecule has 35 heavy (non-hydrogen) atoms. The van der Waals surface area contributed by atoms with Gasteiger partial charge in [0.1, 0.15) is 12.3 Å². The third-order valence-electron chi connectivity index (χ3n) is 4.97. The summed E-state index contributed by atoms with van der Waals surface area (Å²) in [7, 11) is -4.43. The number of hydrogen-bond acceptors (Lipinski definition) is 5. The Bertz CT molecular complexity index is 1340. The first-order chi connectivity index (χ1) is 16.3. The van der Waals surface area contributed by atoms with E-state index in [1.807, 2.05) is 13.0 Å². The number of ether oxygens (including phenoxy) is 1. The number of rotatable bonds is 9. The van der Waals surface area contributed by atoms with Gasteiger partial charge in [-0.1, -0.05) is 24.3 Å². The van der Waals surface area contributed by atoms with Gasteiger partial charge < -0.3 is 4.74 Å². The minimum atomic E-state index is -4.67. The highest BCUT2D eigenvalue weighted by molar-refractivity contribution is 7.87. The van der Waals surface area contributed by atoms with Gasteiger partial charge >= 0.3 is 6.18 Å². The molecule has 0 aliphatic heterocycles. The number of nitrogens with zero attached hydrogens (tertiary/aromatic N) is 3. The maximum absolute atomic E-state index is 12.4. The average molecular weight is 508 g/mol. The molecule has 0 fully saturated rings. The summed E-state index contributed by atoms with van der Waals surface area (Å²) < 4.78 is 73.0. The predicted molar refractivity (Wildman–Crippen MR) is 124 cm³/mol. The van der Waals surface area contributed by atoms with Crippen LogP contribution in [-0.4, -0.2) is 30.9 Å². The molecule has 0 bridgehead atoms. The fourth-order valence-electron chi connectivity index (χ4n) is 3.34. The van der Waals surface area contributed by atoms with Crippen molar-refractivity contribution in [2.75, 3.05) is 6.54 Å². The Morgan fingerprint density at radius 3 is 2.49 bits per heavy atom. The van der Waals surface area contributed by atoms with E-state index in [4.69, 9.17) is 10.00 Å². The summed E-state index contributed by atoms with van der Waals surface area (Å²) in [5, 5.41) is 13.5. The normalized spacial score (nSPS) is 12.4. The Balaban J connectivity index is 1.87. The molecule has 0 amide bonds. The van der Waals surface area contributed by atoms with E-state index in [-0.39, 0.29) is 0 Å². The lowest BCUT2D eigenvalue weighted by molar-refractivity contribution is -0.121. The lowest BCUT2D eigenvalue weighted by Crippen LogP contribution is -2.48. The third-order valence-corrected chi connectivity index (χ3v) is 6.28. The van der Waals surface area contributed by atoms with Gasteiger partial charge in [0.05, 0.1) is 22.9 Å². The molecule has 2 aromatic carbocycles. The summed E-state index contributed by atoms with van der Waals surface area (Å²) in [6.07, 6.45) is -4.67. The molecular formula is C23H24F3N5O3S. The molecule has 12 heteroatoms. The fraction of sp³-hybridized carbons (Fsp3) is 0.304. The molecule has 8 nitrogen and oxygen atoms in total. The molecule has 0 aliphatic rings. The first-order valence-electron chi connectivity index (χ1n) is 10.5. The van der Waals surface area contributed by atoms with Crippen molar-refractivity contribution in [1.29, 1.82) is 5.26 Å². The van der Waals surface area contributed by atoms with Crippen LogP contribution < -0.4 is 14.2 Å². The molecule has 1 aromatic heterocycles. The fourth-order valence-corrected chi connectivity index (χ4v) is 4.56. The Morgan fingerprint density at radius 2 is 1.83 bits per heavy atom. The van der Waals surface area contributed by atoms with Crippen LogP contribution in [0, 0.1) is 11.3 Å². The van der Waals surface area contributed by atoms with Gasteiger partial charge in [-0.05, 0) is 50.6 Å². The minimum absolute atomic E-state index is 0.304. The van der Waals surface area contributed by atoms with Crippen molar-refractivity contribution in [3.05, 3.63) is 65.7 Å². The summed E-state index contributed by atoms with van der Waals surface area (Å²) >= 11 is 0. The van der Waals surface area contributed by atoms with Crippen molar-refractivity contribution in [1.82, 2.24) is 19.2 Å². The average Bonchev–Trinajstić information content (AvgIpc) is 3.20. The quantitative estimate of drug-likeness (QED) is 0.445. The summed E-state index contributed by atoms with van der Waals surface area (Å²) in [4.78, 5) is 0. The molecule has 186 valence electrons. The number of halogens is 3. The smallest absolute Gasteiger partial charge is 0.402 e. The van der Waals surface area contributed by atoms with Crippen molar-refractivity contribution < 1.29 is 26.3 Å². The van der Waals surface area contributed by atoms with E-state index >= 15 is 0 Å². The molecule has 0 saturated carbocycles. The Morgan fingerprint density at radius 1 is 1.11 bits per heavy atom. The van der Waals surface area contributed by atoms with Crippen LogP contribution in [0.15, 0.2) is 54.6 Å². The molecule has 0 radical (unpaired) electrons. The zero-order chi connectivity index (χ0) is 25.9. The largest absolute Gasteiger partial charge is 0.437 e. The topological polar surface area (TPSA) is 109 Å². The van der Waals surface area contributed by atoms with Crippen molar-refractivity contribution in [3.63, 3.8) is 0 Å². The third kappa shape index (κ3) is 7.05. The molecule has 0 saturated heterocycles. The number of benzene rings is 2. The molecule has 3 rings (SSSR count). The van der Waals surface area contributed by atoms with Crippen LogP contribution in [0.1, 0.15) is 31.9 Å². The summed E-state index contributed by atoms with van der Waals surface area (Å²) in [6.45, 7) is 3.83. The Hall–Kier alpha value is -3.40. The molecular weight excluding hydrogens is 483 g/mol. The molecule has 0 atom stereocenters. The van der Waals surface area contributed by atoms with E-state index in [1.165, 1.54) is 4.72 Å². The first-order valence-corrected chi connectivity index (χ1v) is 12.0. The lowest BCUT2D eigenvalue weighted by atomic mass is 9.93. The van der Waals surface area contributed by atoms with Gasteiger partial charge in [0, 0.05) is 18.2 Å². The van der Waals surface area contributed by atoms with Gasteiger partial charge in [-0.2, -0.15) is 36.3 Å². The van der Waals surface area contributed by atoms with Crippen LogP contribution in [-0.2, 0) is 22.3 Å². The maximum atomic E-state index is 12.4. The number of nitriles is 1. The van der Waals surface area contributed by atoms with Gasteiger partial charge in [-0.25, -0.2) is 0 Å². The number of aryl methyl sites for hydroxylation is 1. The van der Waals surface area contributed by atoms with Gasteiger partial charge in [-0.15, -0.1) is 5.10 Å². The number of aromatic nitrogens is 2. The zero-order valence-electron chi connectivity index (χ0n) is 19.2. The lowest BCUT2D eigenvalue weighted by Gasteiger charge is -2.27. The predicted octanol–water partition coefficient (Wildman–Crippen LogP) is 4.46. The number of hydrogen-bond donors (Lipinski definition) is 2. The van der Waals surface area contributed by atoms with E-state index < -0.39 is 28.5 Å². The van der Waals surface area contributed by atoms with Crippen molar-refractivity contribution >= 4 is 10.2 Å². The molecule has 1 heterocycles. The van der Waals surface area contributed by atoms with Crippen LogP contribution in [0.2, 0.25) is 0 Å². The molecule has 3 aromatic rings. The highest BCUT2D eigenvalue weighted by Gasteiger charge is 2.32. The SMILES string of the molecule is CCn1nc(Oc2cccc(C#N)c2)cc1-c1cccc(C(C)(C)NS(=O)(=O)NCC(F)(F)F)c1. The second kappa shape index (κ2) is 10.1. The van der Waals surface area contributed by atoms with Crippen molar-refractivity contribution in [3.8, 4) is 29.0 Å². The summed E-state index contributed by atoms with van der Waals surface area (Å²) in [5.41, 5.74) is 1.14. The highest BCUT2D eigenvalue weighted by Crippen LogP contribution is 2.31. The van der Waals surface area contributed by atoms with Crippen LogP contribution in [0.3, 0.4) is 0 Å². The van der Waals surface area contributed by atoms with Gasteiger partial charge in [0.25, 0.3) is 10.2 Å². The van der Waals surface area contributed by atoms with Crippen molar-refractivity contribution in [2.24, 2.45) is 0 Å². The first kappa shape index (κ1) is 26.2. The van der Waals surface area contributed by atoms with E-state index in [9.17, 15) is 21.6 Å². The number of nitrogens with one attached hydrogen (secondary N) is 2. The van der Waals surface area contributed by atoms with Crippen molar-refractivity contribution in [2.45, 2.75) is 39.0 Å². The summed E-state index contributed by atoms with van der Waals surface area (Å²) in [6, 6.07) is 17.3.